The lowest BCUT2D eigenvalue weighted by Crippen LogP contribution is -3.10. The van der Waals surface area contributed by atoms with Gasteiger partial charge in [-0.3, -0.25) is 0 Å². The molecule has 8 nitrogen and oxygen atoms in total. The van der Waals surface area contributed by atoms with Gasteiger partial charge in [0.05, 0.1) is 64.0 Å². The monoisotopic (exact) mass is 730 g/mol. The van der Waals surface area contributed by atoms with Crippen molar-refractivity contribution in [1.29, 1.82) is 0 Å². The van der Waals surface area contributed by atoms with E-state index in [0.29, 0.717) is 12.1 Å². The zero-order valence-corrected chi connectivity index (χ0v) is 31.1. The fourth-order valence-electron chi connectivity index (χ4n) is 4.87. The van der Waals surface area contributed by atoms with E-state index in [9.17, 15) is 0 Å². The number of benzene rings is 4. The van der Waals surface area contributed by atoms with Crippen LogP contribution in [0.1, 0.15) is 13.8 Å². The summed E-state index contributed by atoms with van der Waals surface area (Å²) in [6.07, 6.45) is 0. The molecule has 0 fully saturated rings. The molecule has 0 aliphatic carbocycles. The van der Waals surface area contributed by atoms with Crippen molar-refractivity contribution < 1.29 is 54.4 Å². The molecule has 0 saturated carbocycles. The predicted molar refractivity (Wildman–Crippen MR) is 188 cm³/mol. The first kappa shape index (κ1) is 40.8. The molecule has 4 aromatic carbocycles. The second kappa shape index (κ2) is 19.0. The summed E-state index contributed by atoms with van der Waals surface area (Å²) in [5.74, 6) is -3.65. The van der Waals surface area contributed by atoms with Crippen LogP contribution >= 0.6 is 23.5 Å². The maximum Gasteiger partial charge on any atom is 0.414 e. The Morgan fingerprint density at radius 2 is 0.771 bits per heavy atom. The molecule has 2 heterocycles. The first-order valence-corrected chi connectivity index (χ1v) is 16.9. The van der Waals surface area contributed by atoms with Gasteiger partial charge in [0.15, 0.2) is 0 Å². The fourth-order valence-corrected chi connectivity index (χ4v) is 7.06. The Kier molecular flexibility index (Phi) is 16.1. The van der Waals surface area contributed by atoms with Gasteiger partial charge in [0.1, 0.15) is 12.1 Å². The van der Waals surface area contributed by atoms with Crippen molar-refractivity contribution in [2.24, 2.45) is 0 Å². The van der Waals surface area contributed by atoms with Crippen molar-refractivity contribution in [1.82, 2.24) is 0 Å². The number of quaternary nitrogens is 2. The number of anilines is 4. The Morgan fingerprint density at radius 3 is 0.979 bits per heavy atom. The number of hydrogen-bond donors (Lipinski definition) is 4. The SMILES string of the molecule is C[C@@H](CN1c2ccccc2Sc2ccccc21)[NH+](C)C.C[C@H](CN1c2ccccc2Sc2ccccc21)[NH+](C)C.O=C(O)C(=O)O.[Cl-].[Cl-]. The van der Waals surface area contributed by atoms with Crippen LogP contribution < -0.4 is 44.4 Å². The summed E-state index contributed by atoms with van der Waals surface area (Å²) < 4.78 is 0. The molecule has 0 spiro atoms. The van der Waals surface area contributed by atoms with Crippen LogP contribution in [0.25, 0.3) is 0 Å². The number of fused-ring (bicyclic) bond motifs is 4. The van der Waals surface area contributed by atoms with Crippen molar-refractivity contribution >= 4 is 58.2 Å². The molecule has 4 N–H and O–H groups in total. The number of halogens is 2. The number of rotatable bonds is 6. The fraction of sp³-hybridized carbons (Fsp3) is 0.278. The molecule has 258 valence electrons. The quantitative estimate of drug-likeness (QED) is 0.185. The number of nitrogens with one attached hydrogen (secondary N) is 2. The third-order valence-corrected chi connectivity index (χ3v) is 10.4. The smallest absolute Gasteiger partial charge is 0.414 e. The van der Waals surface area contributed by atoms with Crippen LogP contribution in [-0.2, 0) is 9.59 Å². The summed E-state index contributed by atoms with van der Waals surface area (Å²) in [6.45, 7) is 6.69. The number of nitrogens with zero attached hydrogens (tertiary/aromatic N) is 2. The van der Waals surface area contributed by atoms with E-state index in [1.54, 1.807) is 0 Å². The van der Waals surface area contributed by atoms with Gasteiger partial charge in [0, 0.05) is 19.6 Å². The Bertz CT molecular complexity index is 1450. The van der Waals surface area contributed by atoms with Gasteiger partial charge in [-0.15, -0.1) is 0 Å². The maximum atomic E-state index is 9.10. The molecule has 0 radical (unpaired) electrons. The van der Waals surface area contributed by atoms with Crippen LogP contribution in [0.5, 0.6) is 0 Å². The summed E-state index contributed by atoms with van der Waals surface area (Å²) in [6, 6.07) is 36.0. The molecular formula is C36H44Cl2N4O4S2. The molecule has 4 aromatic rings. The Morgan fingerprint density at radius 1 is 0.542 bits per heavy atom. The van der Waals surface area contributed by atoms with E-state index < -0.39 is 11.9 Å². The number of para-hydroxylation sites is 4. The minimum Gasteiger partial charge on any atom is -1.00 e. The zero-order valence-electron chi connectivity index (χ0n) is 28.0. The average molecular weight is 732 g/mol. The standard InChI is InChI=1S/2C17H20N2S.C2H2O4.2ClH/c2*1-13(18(2)3)12-19-14-8-4-6-10-16(14)20-17-11-7-5-9-15(17)19;3-1(4)2(5)6;;/h2*4-11,13H,12H2,1-3H3;(H,3,4)(H,5,6);2*1H/t2*13-;;;/m10.../s1. The molecule has 48 heavy (non-hydrogen) atoms. The third-order valence-electron chi connectivity index (χ3n) is 8.13. The second-order valence-corrected chi connectivity index (χ2v) is 14.0. The van der Waals surface area contributed by atoms with Gasteiger partial charge >= 0.3 is 11.9 Å². The summed E-state index contributed by atoms with van der Waals surface area (Å²) in [5.41, 5.74) is 5.35. The molecule has 2 atom stereocenters. The molecule has 0 amide bonds. The summed E-state index contributed by atoms with van der Waals surface area (Å²) in [7, 11) is 8.89. The second-order valence-electron chi connectivity index (χ2n) is 11.9. The zero-order chi connectivity index (χ0) is 33.4. The highest BCUT2D eigenvalue weighted by atomic mass is 35.5. The minimum atomic E-state index is -1.82. The lowest BCUT2D eigenvalue weighted by molar-refractivity contribution is -0.881. The van der Waals surface area contributed by atoms with Gasteiger partial charge in [0.2, 0.25) is 0 Å². The molecule has 2 aliphatic heterocycles. The summed E-state index contributed by atoms with van der Waals surface area (Å²) >= 11 is 3.75. The van der Waals surface area contributed by atoms with E-state index >= 15 is 0 Å². The van der Waals surface area contributed by atoms with Crippen LogP contribution in [0.3, 0.4) is 0 Å². The largest absolute Gasteiger partial charge is 1.00 e. The van der Waals surface area contributed by atoms with Crippen molar-refractivity contribution in [2.45, 2.75) is 45.5 Å². The normalized spacial score (nSPS) is 13.3. The number of carboxylic acid groups (broad SMARTS) is 2. The van der Waals surface area contributed by atoms with Gasteiger partial charge in [0.25, 0.3) is 0 Å². The van der Waals surface area contributed by atoms with Crippen LogP contribution in [0, 0.1) is 0 Å². The van der Waals surface area contributed by atoms with E-state index in [1.807, 2.05) is 23.5 Å². The molecule has 6 rings (SSSR count). The highest BCUT2D eigenvalue weighted by Gasteiger charge is 2.27. The molecular weight excluding hydrogens is 687 g/mol. The molecule has 0 aromatic heterocycles. The van der Waals surface area contributed by atoms with Crippen molar-refractivity contribution in [3.05, 3.63) is 97.1 Å². The number of hydrogen-bond acceptors (Lipinski definition) is 6. The van der Waals surface area contributed by atoms with E-state index in [0.717, 1.165) is 13.1 Å². The summed E-state index contributed by atoms with van der Waals surface area (Å²) in [4.78, 5) is 31.5. The van der Waals surface area contributed by atoms with E-state index in [1.165, 1.54) is 52.1 Å². The third kappa shape index (κ3) is 10.3. The van der Waals surface area contributed by atoms with Crippen LogP contribution in [0.2, 0.25) is 0 Å². The number of aliphatic carboxylic acids is 2. The highest BCUT2D eigenvalue weighted by Crippen LogP contribution is 2.48. The maximum absolute atomic E-state index is 9.10. The topological polar surface area (TPSA) is 90.0 Å². The first-order valence-electron chi connectivity index (χ1n) is 15.3. The molecule has 0 saturated heterocycles. The van der Waals surface area contributed by atoms with Crippen molar-refractivity contribution in [3.8, 4) is 0 Å². The van der Waals surface area contributed by atoms with Gasteiger partial charge in [-0.25, -0.2) is 9.59 Å². The number of likely N-dealkylation sites (N-methyl/N-ethyl adjacent to an activating group) is 2. The highest BCUT2D eigenvalue weighted by molar-refractivity contribution is 8.00. The minimum absolute atomic E-state index is 0. The van der Waals surface area contributed by atoms with Crippen LogP contribution in [0.4, 0.5) is 22.7 Å². The number of carboxylic acids is 2. The summed E-state index contributed by atoms with van der Waals surface area (Å²) in [5, 5.41) is 14.8. The van der Waals surface area contributed by atoms with Crippen LogP contribution in [-0.4, -0.2) is 75.5 Å². The number of carbonyl (C=O) groups is 2. The average Bonchev–Trinajstić information content (AvgIpc) is 3.04. The molecule has 0 bridgehead atoms. The lowest BCUT2D eigenvalue weighted by atomic mass is 10.2. The van der Waals surface area contributed by atoms with E-state index in [2.05, 4.69) is 149 Å². The Balaban J connectivity index is 0.000000276. The Hall–Kier alpha value is -3.38. The van der Waals surface area contributed by atoms with Crippen molar-refractivity contribution in [3.63, 3.8) is 0 Å². The van der Waals surface area contributed by atoms with Gasteiger partial charge < -0.3 is 54.6 Å². The van der Waals surface area contributed by atoms with Gasteiger partial charge in [-0.2, -0.15) is 0 Å². The van der Waals surface area contributed by atoms with Crippen molar-refractivity contribution in [2.75, 3.05) is 51.1 Å². The lowest BCUT2D eigenvalue weighted by Gasteiger charge is -2.34. The molecule has 12 heteroatoms. The van der Waals surface area contributed by atoms with E-state index in [4.69, 9.17) is 19.8 Å². The van der Waals surface area contributed by atoms with Gasteiger partial charge in [-0.1, -0.05) is 72.1 Å². The first-order chi connectivity index (χ1) is 22.0. The molecule has 2 aliphatic rings. The molecule has 0 unspecified atom stereocenters. The van der Waals surface area contributed by atoms with E-state index in [-0.39, 0.29) is 24.8 Å². The van der Waals surface area contributed by atoms with Crippen LogP contribution in [0.15, 0.2) is 117 Å². The Labute approximate surface area is 304 Å². The predicted octanol–water partition coefficient (Wildman–Crippen LogP) is -1.19. The van der Waals surface area contributed by atoms with Gasteiger partial charge in [-0.05, 0) is 62.4 Å².